The van der Waals surface area contributed by atoms with Gasteiger partial charge in [0, 0.05) is 10.6 Å². The van der Waals surface area contributed by atoms with Crippen LogP contribution < -0.4 is 21.5 Å². The van der Waals surface area contributed by atoms with Gasteiger partial charge >= 0.3 is 6.55 Å². The van der Waals surface area contributed by atoms with Crippen molar-refractivity contribution in [3.8, 4) is 0 Å². The second-order valence-corrected chi connectivity index (χ2v) is 5.28. The molecule has 0 radical (unpaired) electrons. The van der Waals surface area contributed by atoms with Gasteiger partial charge in [-0.25, -0.2) is 4.57 Å². The Labute approximate surface area is 146 Å². The summed E-state index contributed by atoms with van der Waals surface area (Å²) in [4.78, 5) is 12.3. The molecule has 0 bridgehead atoms. The summed E-state index contributed by atoms with van der Waals surface area (Å²) in [7, 11) is 0. The third-order valence-corrected chi connectivity index (χ3v) is 3.68. The van der Waals surface area contributed by atoms with Crippen LogP contribution in [0.25, 0.3) is 11.0 Å². The lowest BCUT2D eigenvalue weighted by Gasteiger charge is -1.99. The Kier molecular flexibility index (Phi) is 5.49. The van der Waals surface area contributed by atoms with Crippen molar-refractivity contribution in [1.82, 2.24) is 4.57 Å². The molecule has 0 fully saturated rings. The van der Waals surface area contributed by atoms with Crippen LogP contribution in [-0.4, -0.2) is 10.4 Å². The van der Waals surface area contributed by atoms with Crippen LogP contribution in [0.3, 0.4) is 0 Å². The molecule has 120 valence electrons. The molecule has 0 atom stereocenters. The minimum Gasteiger partial charge on any atom is -1.00 e. The molecule has 0 saturated carbocycles. The van der Waals surface area contributed by atoms with Crippen molar-refractivity contribution in [2.75, 3.05) is 0 Å². The SMILES string of the molecule is O=C(C[n+]1cn(C(F)F)c2ccccc21)c1ccc(Cl)cc1.[Br-]. The van der Waals surface area contributed by atoms with Gasteiger partial charge in [0.2, 0.25) is 12.1 Å². The Balaban J connectivity index is 0.00000192. The molecule has 7 heteroatoms. The van der Waals surface area contributed by atoms with Gasteiger partial charge in [0.25, 0.3) is 0 Å². The van der Waals surface area contributed by atoms with Gasteiger partial charge in [0.1, 0.15) is 0 Å². The zero-order chi connectivity index (χ0) is 15.7. The van der Waals surface area contributed by atoms with Gasteiger partial charge in [0.15, 0.2) is 17.6 Å². The molecule has 0 aliphatic rings. The lowest BCUT2D eigenvalue weighted by Crippen LogP contribution is -3.00. The van der Waals surface area contributed by atoms with E-state index in [1.807, 2.05) is 0 Å². The summed E-state index contributed by atoms with van der Waals surface area (Å²) in [6.45, 7) is -2.67. The fourth-order valence-corrected chi connectivity index (χ4v) is 2.49. The van der Waals surface area contributed by atoms with Crippen molar-refractivity contribution in [2.45, 2.75) is 13.1 Å². The number of alkyl halides is 2. The number of carbonyl (C=O) groups is 1. The number of hydrogen-bond donors (Lipinski definition) is 0. The van der Waals surface area contributed by atoms with Crippen molar-refractivity contribution in [1.29, 1.82) is 0 Å². The maximum atomic E-state index is 13.1. The van der Waals surface area contributed by atoms with Crippen LogP contribution in [-0.2, 0) is 6.54 Å². The van der Waals surface area contributed by atoms with Gasteiger partial charge in [0.05, 0.1) is 0 Å². The maximum Gasteiger partial charge on any atom is 0.387 e. The summed E-state index contributed by atoms with van der Waals surface area (Å²) < 4.78 is 28.5. The van der Waals surface area contributed by atoms with Crippen LogP contribution in [0.4, 0.5) is 8.78 Å². The first-order valence-corrected chi connectivity index (χ1v) is 7.00. The standard InChI is InChI=1S/C16H12ClF2N2O.BrH/c17-12-7-5-11(6-8-12)15(22)9-20-10-21(16(18)19)14-4-2-1-3-13(14)20;/h1-8,10,16H,9H2;1H/q+1;/p-1. The van der Waals surface area contributed by atoms with Gasteiger partial charge in [-0.3, -0.25) is 4.79 Å². The molecule has 3 nitrogen and oxygen atoms in total. The van der Waals surface area contributed by atoms with E-state index in [1.54, 1.807) is 48.5 Å². The van der Waals surface area contributed by atoms with Gasteiger partial charge in [-0.15, -0.1) is 0 Å². The van der Waals surface area contributed by atoms with E-state index in [-0.39, 0.29) is 29.3 Å². The number of fused-ring (bicyclic) bond motifs is 1. The normalized spacial score (nSPS) is 10.8. The molecule has 0 aliphatic heterocycles. The number of aromatic nitrogens is 2. The molecule has 0 spiro atoms. The highest BCUT2D eigenvalue weighted by molar-refractivity contribution is 6.30. The molecule has 0 amide bonds. The highest BCUT2D eigenvalue weighted by Crippen LogP contribution is 2.18. The van der Waals surface area contributed by atoms with Crippen LogP contribution in [0.5, 0.6) is 0 Å². The van der Waals surface area contributed by atoms with Crippen LogP contribution in [0, 0.1) is 0 Å². The van der Waals surface area contributed by atoms with Crippen molar-refractivity contribution in [3.63, 3.8) is 0 Å². The van der Waals surface area contributed by atoms with Crippen molar-refractivity contribution in [3.05, 3.63) is 65.4 Å². The van der Waals surface area contributed by atoms with Crippen molar-refractivity contribution >= 4 is 28.4 Å². The predicted molar refractivity (Wildman–Crippen MR) is 79.2 cm³/mol. The second kappa shape index (κ2) is 7.19. The molecule has 2 aromatic carbocycles. The van der Waals surface area contributed by atoms with E-state index in [0.717, 1.165) is 4.57 Å². The second-order valence-electron chi connectivity index (χ2n) is 4.85. The smallest absolute Gasteiger partial charge is 0.387 e. The summed E-state index contributed by atoms with van der Waals surface area (Å²) in [5, 5.41) is 0.540. The number of Topliss-reactive ketones (excluding diaryl/α,β-unsaturated/α-hetero) is 1. The summed E-state index contributed by atoms with van der Waals surface area (Å²) in [6, 6.07) is 13.3. The summed E-state index contributed by atoms with van der Waals surface area (Å²) in [5.74, 6) is -0.168. The number of rotatable bonds is 4. The zero-order valence-corrected chi connectivity index (χ0v) is 14.1. The van der Waals surface area contributed by atoms with Gasteiger partial charge in [-0.05, 0) is 36.4 Å². The minimum atomic E-state index is -2.66. The fraction of sp³-hybridized carbons (Fsp3) is 0.125. The Hall–Kier alpha value is -1.79. The topological polar surface area (TPSA) is 25.9 Å². The first kappa shape index (κ1) is 17.6. The Morgan fingerprint density at radius 2 is 1.78 bits per heavy atom. The number of halogens is 4. The number of carbonyl (C=O) groups excluding carboxylic acids is 1. The lowest BCUT2D eigenvalue weighted by atomic mass is 10.1. The molecular weight excluding hydrogens is 390 g/mol. The molecule has 0 aliphatic carbocycles. The minimum absolute atomic E-state index is 0. The number of imidazole rings is 1. The van der Waals surface area contributed by atoms with Crippen LogP contribution in [0.15, 0.2) is 54.9 Å². The quantitative estimate of drug-likeness (QED) is 0.470. The van der Waals surface area contributed by atoms with Gasteiger partial charge in [-0.2, -0.15) is 13.3 Å². The van der Waals surface area contributed by atoms with E-state index >= 15 is 0 Å². The molecule has 3 rings (SSSR count). The summed E-state index contributed by atoms with van der Waals surface area (Å²) >= 11 is 5.79. The number of benzene rings is 2. The Morgan fingerprint density at radius 1 is 1.13 bits per heavy atom. The monoisotopic (exact) mass is 400 g/mol. The molecule has 23 heavy (non-hydrogen) atoms. The van der Waals surface area contributed by atoms with E-state index in [2.05, 4.69) is 0 Å². The van der Waals surface area contributed by atoms with Crippen LogP contribution in [0.1, 0.15) is 16.9 Å². The molecule has 3 aromatic rings. The average Bonchev–Trinajstić information content (AvgIpc) is 2.87. The first-order chi connectivity index (χ1) is 10.6. The molecule has 1 aromatic heterocycles. The summed E-state index contributed by atoms with van der Waals surface area (Å²) in [6.07, 6.45) is 1.27. The summed E-state index contributed by atoms with van der Waals surface area (Å²) in [5.41, 5.74) is 1.47. The van der Waals surface area contributed by atoms with Crippen molar-refractivity contribution in [2.24, 2.45) is 0 Å². The number of nitrogens with zero attached hydrogens (tertiary/aromatic N) is 2. The first-order valence-electron chi connectivity index (χ1n) is 6.62. The van der Waals surface area contributed by atoms with E-state index in [1.165, 1.54) is 10.9 Å². The number of para-hydroxylation sites is 2. The van der Waals surface area contributed by atoms with E-state index in [9.17, 15) is 13.6 Å². The average molecular weight is 402 g/mol. The maximum absolute atomic E-state index is 13.1. The molecule has 1 heterocycles. The molecule has 0 unspecified atom stereocenters. The van der Waals surface area contributed by atoms with Gasteiger partial charge < -0.3 is 17.0 Å². The lowest BCUT2D eigenvalue weighted by molar-refractivity contribution is -0.658. The number of hydrogen-bond acceptors (Lipinski definition) is 1. The Bertz CT molecular complexity index is 834. The highest BCUT2D eigenvalue weighted by Gasteiger charge is 2.23. The molecular formula is C16H12BrClF2N2O. The Morgan fingerprint density at radius 3 is 2.43 bits per heavy atom. The third-order valence-electron chi connectivity index (χ3n) is 3.42. The van der Waals surface area contributed by atoms with E-state index in [4.69, 9.17) is 11.6 Å². The van der Waals surface area contributed by atoms with Crippen LogP contribution >= 0.6 is 11.6 Å². The third kappa shape index (κ3) is 3.59. The van der Waals surface area contributed by atoms with Crippen molar-refractivity contribution < 1.29 is 35.1 Å². The van der Waals surface area contributed by atoms with Gasteiger partial charge in [-0.1, -0.05) is 23.7 Å². The van der Waals surface area contributed by atoms with E-state index in [0.29, 0.717) is 21.6 Å². The molecule has 0 saturated heterocycles. The van der Waals surface area contributed by atoms with Crippen LogP contribution in [0.2, 0.25) is 5.02 Å². The van der Waals surface area contributed by atoms with E-state index < -0.39 is 6.55 Å². The zero-order valence-electron chi connectivity index (χ0n) is 11.8. The fourth-order valence-electron chi connectivity index (χ4n) is 2.36. The number of ketones is 1. The predicted octanol–water partition coefficient (Wildman–Crippen LogP) is 0.864. The molecule has 0 N–H and O–H groups in total. The highest BCUT2D eigenvalue weighted by atomic mass is 79.9. The largest absolute Gasteiger partial charge is 1.00 e.